The number of nitro benzene ring substituents is 1. The van der Waals surface area contributed by atoms with Gasteiger partial charge in [0, 0.05) is 12.5 Å². The molecule has 0 fully saturated rings. The third kappa shape index (κ3) is 5.27. The highest BCUT2D eigenvalue weighted by molar-refractivity contribution is 5.89. The second kappa shape index (κ2) is 9.88. The largest absolute Gasteiger partial charge is 0.488 e. The summed E-state index contributed by atoms with van der Waals surface area (Å²) in [6, 6.07) is 11.7. The van der Waals surface area contributed by atoms with Crippen LogP contribution in [0.25, 0.3) is 11.4 Å². The average Bonchev–Trinajstić information content (AvgIpc) is 3.22. The Morgan fingerprint density at radius 2 is 2.00 bits per heavy atom. The number of nitro groups is 1. The monoisotopic (exact) mass is 439 g/mol. The van der Waals surface area contributed by atoms with Crippen molar-refractivity contribution in [3.05, 3.63) is 58.1 Å². The summed E-state index contributed by atoms with van der Waals surface area (Å²) in [5.41, 5.74) is 2.52. The zero-order valence-electron chi connectivity index (χ0n) is 17.0. The fraction of sp³-hybridized carbons (Fsp3) is 0.158. The standard InChI is InChI=1S/C19H17N7O6/c1-12(27)32-15-9-8-14(17(26(29)30)18(15)31-2)10-20-21-16(28)11-25-23-19(22-24-25)13-6-4-3-5-7-13/h3-10H,11H2,1-2H3,(H,21,28)/b20-10-. The van der Waals surface area contributed by atoms with E-state index in [-0.39, 0.29) is 23.6 Å². The van der Waals surface area contributed by atoms with Crippen LogP contribution in [0.5, 0.6) is 11.5 Å². The first-order chi connectivity index (χ1) is 15.4. The van der Waals surface area contributed by atoms with Crippen molar-refractivity contribution in [1.82, 2.24) is 25.6 Å². The molecule has 0 aliphatic carbocycles. The summed E-state index contributed by atoms with van der Waals surface area (Å²) in [4.78, 5) is 35.2. The minimum Gasteiger partial charge on any atom is -0.488 e. The summed E-state index contributed by atoms with van der Waals surface area (Å²) < 4.78 is 9.95. The lowest BCUT2D eigenvalue weighted by atomic mass is 10.1. The number of esters is 1. The Kier molecular flexibility index (Phi) is 6.80. The molecule has 0 atom stereocenters. The van der Waals surface area contributed by atoms with Crippen molar-refractivity contribution in [2.75, 3.05) is 7.11 Å². The summed E-state index contributed by atoms with van der Waals surface area (Å²) >= 11 is 0. The van der Waals surface area contributed by atoms with E-state index >= 15 is 0 Å². The third-order valence-corrected chi connectivity index (χ3v) is 3.93. The number of methoxy groups -OCH3 is 1. The Bertz CT molecular complexity index is 1180. The molecule has 0 saturated carbocycles. The Hall–Kier alpha value is -4.68. The molecule has 1 N–H and O–H groups in total. The number of nitrogens with zero attached hydrogens (tertiary/aromatic N) is 6. The van der Waals surface area contributed by atoms with Gasteiger partial charge in [-0.05, 0) is 17.3 Å². The summed E-state index contributed by atoms with van der Waals surface area (Å²) in [6.07, 6.45) is 1.07. The van der Waals surface area contributed by atoms with E-state index in [1.807, 2.05) is 18.2 Å². The minimum absolute atomic E-state index is 0.0216. The van der Waals surface area contributed by atoms with Crippen LogP contribution in [0.15, 0.2) is 47.6 Å². The van der Waals surface area contributed by atoms with Gasteiger partial charge >= 0.3 is 11.7 Å². The second-order valence-electron chi connectivity index (χ2n) is 6.19. The maximum absolute atomic E-state index is 12.1. The van der Waals surface area contributed by atoms with Crippen molar-refractivity contribution < 1.29 is 24.0 Å². The average molecular weight is 439 g/mol. The molecule has 0 unspecified atom stereocenters. The Morgan fingerprint density at radius 3 is 2.66 bits per heavy atom. The van der Waals surface area contributed by atoms with Crippen LogP contribution in [0, 0.1) is 10.1 Å². The van der Waals surface area contributed by atoms with E-state index in [0.29, 0.717) is 5.82 Å². The van der Waals surface area contributed by atoms with Crippen molar-refractivity contribution in [1.29, 1.82) is 0 Å². The van der Waals surface area contributed by atoms with E-state index in [4.69, 9.17) is 9.47 Å². The van der Waals surface area contributed by atoms with Crippen LogP contribution in [0.1, 0.15) is 12.5 Å². The van der Waals surface area contributed by atoms with Crippen molar-refractivity contribution >= 4 is 23.8 Å². The van der Waals surface area contributed by atoms with Crippen LogP contribution in [0.2, 0.25) is 0 Å². The highest BCUT2D eigenvalue weighted by Gasteiger charge is 2.25. The van der Waals surface area contributed by atoms with Gasteiger partial charge < -0.3 is 9.47 Å². The molecule has 0 bridgehead atoms. The van der Waals surface area contributed by atoms with Gasteiger partial charge in [0.25, 0.3) is 5.91 Å². The van der Waals surface area contributed by atoms with E-state index in [0.717, 1.165) is 23.5 Å². The summed E-state index contributed by atoms with van der Waals surface area (Å²) in [7, 11) is 1.20. The first-order valence-corrected chi connectivity index (χ1v) is 9.08. The maximum atomic E-state index is 12.1. The van der Waals surface area contributed by atoms with E-state index in [2.05, 4.69) is 25.9 Å². The molecule has 32 heavy (non-hydrogen) atoms. The van der Waals surface area contributed by atoms with Crippen LogP contribution in [0.4, 0.5) is 5.69 Å². The lowest BCUT2D eigenvalue weighted by Gasteiger charge is -2.09. The van der Waals surface area contributed by atoms with Crippen LogP contribution in [0.3, 0.4) is 0 Å². The zero-order chi connectivity index (χ0) is 23.1. The normalized spacial score (nSPS) is 10.7. The quantitative estimate of drug-likeness (QED) is 0.179. The zero-order valence-corrected chi connectivity index (χ0v) is 17.0. The second-order valence-corrected chi connectivity index (χ2v) is 6.19. The smallest absolute Gasteiger partial charge is 0.323 e. The molecular formula is C19H17N7O6. The molecule has 0 aliphatic heterocycles. The maximum Gasteiger partial charge on any atom is 0.323 e. The van der Waals surface area contributed by atoms with Crippen molar-refractivity contribution in [2.45, 2.75) is 13.5 Å². The summed E-state index contributed by atoms with van der Waals surface area (Å²) in [6.45, 7) is 0.886. The number of carbonyl (C=O) groups is 2. The first-order valence-electron chi connectivity index (χ1n) is 9.08. The number of amides is 1. The molecule has 1 heterocycles. The number of ether oxygens (including phenoxy) is 2. The Morgan fingerprint density at radius 1 is 1.25 bits per heavy atom. The number of hydrogen-bond acceptors (Lipinski definition) is 10. The summed E-state index contributed by atoms with van der Waals surface area (Å²) in [5.74, 6) is -1.24. The van der Waals surface area contributed by atoms with E-state index < -0.39 is 22.5 Å². The topological polar surface area (TPSA) is 164 Å². The summed E-state index contributed by atoms with van der Waals surface area (Å²) in [5, 5.41) is 27.0. The third-order valence-electron chi connectivity index (χ3n) is 3.93. The van der Waals surface area contributed by atoms with Gasteiger partial charge in [0.1, 0.15) is 6.54 Å². The van der Waals surface area contributed by atoms with Crippen molar-refractivity contribution in [3.8, 4) is 22.9 Å². The van der Waals surface area contributed by atoms with Gasteiger partial charge in [0.05, 0.1) is 23.8 Å². The molecule has 0 aliphatic rings. The van der Waals surface area contributed by atoms with Gasteiger partial charge in [0.2, 0.25) is 11.6 Å². The van der Waals surface area contributed by atoms with Crippen molar-refractivity contribution in [2.24, 2.45) is 5.10 Å². The van der Waals surface area contributed by atoms with Crippen molar-refractivity contribution in [3.63, 3.8) is 0 Å². The lowest BCUT2D eigenvalue weighted by Crippen LogP contribution is -2.24. The molecule has 13 heteroatoms. The predicted molar refractivity (Wildman–Crippen MR) is 110 cm³/mol. The minimum atomic E-state index is -0.709. The number of rotatable bonds is 8. The van der Waals surface area contributed by atoms with Gasteiger partial charge in [-0.2, -0.15) is 9.90 Å². The van der Waals surface area contributed by atoms with Gasteiger partial charge in [-0.15, -0.1) is 10.2 Å². The van der Waals surface area contributed by atoms with E-state index in [1.165, 1.54) is 19.2 Å². The number of benzene rings is 2. The number of hydrogen-bond donors (Lipinski definition) is 1. The number of carbonyl (C=O) groups excluding carboxylic acids is 2. The van der Waals surface area contributed by atoms with Gasteiger partial charge in [0.15, 0.2) is 5.75 Å². The number of aromatic nitrogens is 4. The molecule has 1 aromatic heterocycles. The molecule has 0 radical (unpaired) electrons. The predicted octanol–water partition coefficient (Wildman–Crippen LogP) is 1.33. The van der Waals surface area contributed by atoms with Crippen LogP contribution in [-0.2, 0) is 16.1 Å². The molecule has 0 spiro atoms. The van der Waals surface area contributed by atoms with E-state index in [1.54, 1.807) is 12.1 Å². The van der Waals surface area contributed by atoms with Gasteiger partial charge in [-0.25, -0.2) is 5.43 Å². The number of tetrazole rings is 1. The molecule has 164 valence electrons. The van der Waals surface area contributed by atoms with Crippen LogP contribution < -0.4 is 14.9 Å². The fourth-order valence-electron chi connectivity index (χ4n) is 2.64. The first kappa shape index (κ1) is 22.0. The molecule has 3 aromatic rings. The lowest BCUT2D eigenvalue weighted by molar-refractivity contribution is -0.385. The Balaban J connectivity index is 1.70. The number of nitrogens with one attached hydrogen (secondary N) is 1. The molecule has 13 nitrogen and oxygen atoms in total. The molecule has 3 rings (SSSR count). The van der Waals surface area contributed by atoms with E-state index in [9.17, 15) is 19.7 Å². The molecular weight excluding hydrogens is 422 g/mol. The van der Waals surface area contributed by atoms with Crippen LogP contribution >= 0.6 is 0 Å². The Labute approximate surface area is 180 Å². The SMILES string of the molecule is COc1c(OC(C)=O)ccc(/C=N\NC(=O)Cn2nnc(-c3ccccc3)n2)c1[N+](=O)[O-]. The van der Waals surface area contributed by atoms with Gasteiger partial charge in [-0.3, -0.25) is 19.7 Å². The fourth-order valence-corrected chi connectivity index (χ4v) is 2.64. The highest BCUT2D eigenvalue weighted by Crippen LogP contribution is 2.39. The molecule has 0 saturated heterocycles. The number of hydrazone groups is 1. The highest BCUT2D eigenvalue weighted by atomic mass is 16.6. The molecule has 2 aromatic carbocycles. The molecule has 1 amide bonds. The van der Waals surface area contributed by atoms with Crippen LogP contribution in [-0.4, -0.2) is 50.3 Å². The van der Waals surface area contributed by atoms with Gasteiger partial charge in [-0.1, -0.05) is 30.3 Å².